The van der Waals surface area contributed by atoms with E-state index in [0.29, 0.717) is 12.0 Å². The van der Waals surface area contributed by atoms with Crippen LogP contribution in [-0.4, -0.2) is 21.5 Å². The average molecular weight is 305 g/mol. The lowest BCUT2D eigenvalue weighted by Crippen LogP contribution is -2.21. The Morgan fingerprint density at radius 1 is 1.30 bits per heavy atom. The Morgan fingerprint density at radius 2 is 1.95 bits per heavy atom. The Labute approximate surface area is 115 Å². The Balaban J connectivity index is 2.52. The Kier molecular flexibility index (Phi) is 3.68. The summed E-state index contributed by atoms with van der Waals surface area (Å²) < 4.78 is 62.0. The van der Waals surface area contributed by atoms with Crippen LogP contribution >= 0.6 is 0 Å². The van der Waals surface area contributed by atoms with Gasteiger partial charge in [-0.1, -0.05) is 0 Å². The van der Waals surface area contributed by atoms with Crippen LogP contribution in [0.4, 0.5) is 13.2 Å². The zero-order valence-corrected chi connectivity index (χ0v) is 11.8. The van der Waals surface area contributed by atoms with Gasteiger partial charge in [-0.3, -0.25) is 0 Å². The van der Waals surface area contributed by atoms with E-state index in [0.717, 1.165) is 23.6 Å². The fourth-order valence-corrected chi connectivity index (χ4v) is 3.59. The van der Waals surface area contributed by atoms with Gasteiger partial charge in [-0.15, -0.1) is 0 Å². The summed E-state index contributed by atoms with van der Waals surface area (Å²) in [4.78, 5) is -0.0520. The van der Waals surface area contributed by atoms with Crippen LogP contribution < -0.4 is 5.32 Å². The fourth-order valence-electron chi connectivity index (χ4n) is 2.11. The van der Waals surface area contributed by atoms with Crippen molar-refractivity contribution < 1.29 is 21.6 Å². The largest absolute Gasteiger partial charge is 0.416 e. The normalized spacial score (nSPS) is 18.6. The lowest BCUT2D eigenvalue weighted by atomic mass is 9.99. The van der Waals surface area contributed by atoms with Gasteiger partial charge in [0, 0.05) is 11.4 Å². The van der Waals surface area contributed by atoms with E-state index in [4.69, 9.17) is 0 Å². The summed E-state index contributed by atoms with van der Waals surface area (Å²) in [6, 6.07) is 2.71. The highest BCUT2D eigenvalue weighted by atomic mass is 32.2. The summed E-state index contributed by atoms with van der Waals surface area (Å²) in [5.74, 6) is 0. The topological polar surface area (TPSA) is 46.2 Å². The molecule has 110 valence electrons. The van der Waals surface area contributed by atoms with Gasteiger partial charge < -0.3 is 5.32 Å². The predicted octanol–water partition coefficient (Wildman–Crippen LogP) is 2.83. The molecule has 1 aromatic rings. The van der Waals surface area contributed by atoms with Gasteiger partial charge in [-0.05, 0) is 49.7 Å². The summed E-state index contributed by atoms with van der Waals surface area (Å²) in [6.45, 7) is 1.83. The van der Waals surface area contributed by atoms with Crippen LogP contribution in [0.15, 0.2) is 28.5 Å². The second-order valence-corrected chi connectivity index (χ2v) is 6.56. The molecular weight excluding hydrogens is 291 g/mol. The molecule has 3 nitrogen and oxygen atoms in total. The van der Waals surface area contributed by atoms with E-state index in [1.807, 2.05) is 6.92 Å². The summed E-state index contributed by atoms with van der Waals surface area (Å²) >= 11 is 0. The molecule has 1 unspecified atom stereocenters. The SMILES string of the molecule is CNC(C)CC1=CS(=O)(=O)c2ccc(C(F)(F)F)cc21. The maximum Gasteiger partial charge on any atom is 0.416 e. The first-order valence-corrected chi connectivity index (χ1v) is 7.54. The number of sulfone groups is 1. The minimum atomic E-state index is -4.49. The minimum Gasteiger partial charge on any atom is -0.317 e. The third-order valence-electron chi connectivity index (χ3n) is 3.28. The molecule has 0 fully saturated rings. The average Bonchev–Trinajstić information content (AvgIpc) is 2.59. The van der Waals surface area contributed by atoms with Gasteiger partial charge in [-0.2, -0.15) is 13.2 Å². The van der Waals surface area contributed by atoms with Crippen LogP contribution in [0, 0.1) is 0 Å². The summed E-state index contributed by atoms with van der Waals surface area (Å²) in [5.41, 5.74) is -0.272. The number of halogens is 3. The molecule has 1 N–H and O–H groups in total. The molecule has 1 atom stereocenters. The monoisotopic (exact) mass is 305 g/mol. The van der Waals surface area contributed by atoms with Gasteiger partial charge in [0.05, 0.1) is 10.5 Å². The Morgan fingerprint density at radius 3 is 2.50 bits per heavy atom. The number of alkyl halides is 3. The number of nitrogens with one attached hydrogen (secondary N) is 1. The van der Waals surface area contributed by atoms with Gasteiger partial charge in [0.1, 0.15) is 0 Å². The highest BCUT2D eigenvalue weighted by molar-refractivity contribution is 7.95. The van der Waals surface area contributed by atoms with Crippen LogP contribution in [-0.2, 0) is 16.0 Å². The first-order valence-electron chi connectivity index (χ1n) is 5.99. The lowest BCUT2D eigenvalue weighted by Gasteiger charge is -2.13. The van der Waals surface area contributed by atoms with E-state index in [1.165, 1.54) is 0 Å². The number of benzene rings is 1. The third kappa shape index (κ3) is 2.73. The van der Waals surface area contributed by atoms with E-state index in [9.17, 15) is 21.6 Å². The highest BCUT2D eigenvalue weighted by Crippen LogP contribution is 2.39. The number of rotatable bonds is 3. The van der Waals surface area contributed by atoms with Crippen molar-refractivity contribution in [3.63, 3.8) is 0 Å². The molecule has 1 aromatic carbocycles. The van der Waals surface area contributed by atoms with Crippen molar-refractivity contribution in [2.75, 3.05) is 7.05 Å². The third-order valence-corrected chi connectivity index (χ3v) is 4.84. The molecule has 0 radical (unpaired) electrons. The zero-order chi connectivity index (χ0) is 15.1. The molecule has 0 saturated carbocycles. The second kappa shape index (κ2) is 4.89. The maximum absolute atomic E-state index is 12.7. The van der Waals surface area contributed by atoms with E-state index in [2.05, 4.69) is 5.32 Å². The predicted molar refractivity (Wildman–Crippen MR) is 69.7 cm³/mol. The van der Waals surface area contributed by atoms with E-state index in [1.54, 1.807) is 7.05 Å². The quantitative estimate of drug-likeness (QED) is 0.934. The van der Waals surface area contributed by atoms with Gasteiger partial charge in [-0.25, -0.2) is 8.42 Å². The van der Waals surface area contributed by atoms with Crippen LogP contribution in [0.2, 0.25) is 0 Å². The molecule has 2 rings (SSSR count). The molecule has 0 aliphatic carbocycles. The molecule has 1 aliphatic rings. The first-order chi connectivity index (χ1) is 9.15. The van der Waals surface area contributed by atoms with Crippen molar-refractivity contribution in [2.24, 2.45) is 0 Å². The van der Waals surface area contributed by atoms with Crippen LogP contribution in [0.3, 0.4) is 0 Å². The molecule has 7 heteroatoms. The molecule has 0 aromatic heterocycles. The molecule has 1 aliphatic heterocycles. The number of fused-ring (bicyclic) bond motifs is 1. The van der Waals surface area contributed by atoms with Crippen LogP contribution in [0.25, 0.3) is 5.57 Å². The molecule has 20 heavy (non-hydrogen) atoms. The van der Waals surface area contributed by atoms with Crippen LogP contribution in [0.5, 0.6) is 0 Å². The van der Waals surface area contributed by atoms with Crippen molar-refractivity contribution in [3.8, 4) is 0 Å². The fraction of sp³-hybridized carbons (Fsp3) is 0.385. The van der Waals surface area contributed by atoms with Crippen molar-refractivity contribution in [1.82, 2.24) is 5.32 Å². The van der Waals surface area contributed by atoms with E-state index >= 15 is 0 Å². The van der Waals surface area contributed by atoms with Crippen molar-refractivity contribution in [1.29, 1.82) is 0 Å². The van der Waals surface area contributed by atoms with E-state index in [-0.39, 0.29) is 16.5 Å². The second-order valence-electron chi connectivity index (χ2n) is 4.79. The zero-order valence-electron chi connectivity index (χ0n) is 11.0. The Hall–Kier alpha value is -1.34. The number of hydrogen-bond acceptors (Lipinski definition) is 3. The lowest BCUT2D eigenvalue weighted by molar-refractivity contribution is -0.137. The Bertz CT molecular complexity index is 663. The van der Waals surface area contributed by atoms with Gasteiger partial charge >= 0.3 is 6.18 Å². The smallest absolute Gasteiger partial charge is 0.317 e. The standard InChI is InChI=1S/C13H14F3NO2S/c1-8(17-2)5-9-7-20(18,19)12-4-3-10(6-11(9)12)13(14,15)16/h3-4,6-8,17H,5H2,1-2H3. The minimum absolute atomic E-state index is 0.0306. The summed E-state index contributed by atoms with van der Waals surface area (Å²) in [7, 11) is -1.92. The van der Waals surface area contributed by atoms with Crippen molar-refractivity contribution >= 4 is 15.4 Å². The highest BCUT2D eigenvalue weighted by Gasteiger charge is 2.34. The molecule has 0 amide bonds. The summed E-state index contributed by atoms with van der Waals surface area (Å²) in [6.07, 6.45) is -4.13. The molecule has 0 saturated heterocycles. The molecule has 1 heterocycles. The van der Waals surface area contributed by atoms with Gasteiger partial charge in [0.25, 0.3) is 0 Å². The summed E-state index contributed by atoms with van der Waals surface area (Å²) in [5, 5.41) is 4.00. The molecule has 0 bridgehead atoms. The maximum atomic E-state index is 12.7. The van der Waals surface area contributed by atoms with Gasteiger partial charge in [0.2, 0.25) is 9.84 Å². The first kappa shape index (κ1) is 15.1. The molecular formula is C13H14F3NO2S. The van der Waals surface area contributed by atoms with E-state index < -0.39 is 21.6 Å². The van der Waals surface area contributed by atoms with Crippen LogP contribution in [0.1, 0.15) is 24.5 Å². The van der Waals surface area contributed by atoms with Crippen molar-refractivity contribution in [2.45, 2.75) is 30.5 Å². The van der Waals surface area contributed by atoms with Crippen molar-refractivity contribution in [3.05, 3.63) is 34.7 Å². The number of hydrogen-bond donors (Lipinski definition) is 1. The molecule has 0 spiro atoms. The van der Waals surface area contributed by atoms with Gasteiger partial charge in [0.15, 0.2) is 0 Å².